The Morgan fingerprint density at radius 3 is 2.93 bits per heavy atom. The molecular weight excluding hydrogens is 336 g/mol. The summed E-state index contributed by atoms with van der Waals surface area (Å²) in [7, 11) is 1.86. The third-order valence-corrected chi connectivity index (χ3v) is 5.82. The van der Waals surface area contributed by atoms with E-state index < -0.39 is 0 Å². The molecule has 27 heavy (non-hydrogen) atoms. The molecule has 4 rings (SSSR count). The van der Waals surface area contributed by atoms with Gasteiger partial charge in [0.05, 0.1) is 11.9 Å². The van der Waals surface area contributed by atoms with Crippen LogP contribution in [0.5, 0.6) is 0 Å². The van der Waals surface area contributed by atoms with Crippen molar-refractivity contribution >= 4 is 17.3 Å². The molecule has 3 heterocycles. The number of fused-ring (bicyclic) bond motifs is 1. The Morgan fingerprint density at radius 1 is 1.19 bits per heavy atom. The Kier molecular flexibility index (Phi) is 5.12. The summed E-state index contributed by atoms with van der Waals surface area (Å²) in [4.78, 5) is 20.7. The summed E-state index contributed by atoms with van der Waals surface area (Å²) in [6.07, 6.45) is 7.80. The normalized spacial score (nSPS) is 19.5. The number of carbonyl (C=O) groups excluding carboxylic acids is 1. The SMILES string of the molecule is CCNC[C@@H]1CCCN1c1cncc(-c2ccc3c(c2)CCC(=O)N3C)c1. The largest absolute Gasteiger partial charge is 0.366 e. The molecule has 5 nitrogen and oxygen atoms in total. The highest BCUT2D eigenvalue weighted by Gasteiger charge is 2.25. The Morgan fingerprint density at radius 2 is 2.07 bits per heavy atom. The Hall–Kier alpha value is -2.40. The number of amides is 1. The molecule has 2 aromatic rings. The third-order valence-electron chi connectivity index (χ3n) is 5.82. The first kappa shape index (κ1) is 18.0. The Bertz CT molecular complexity index is 835. The standard InChI is InChI=1S/C22H28N4O/c1-3-23-14-19-5-4-10-26(19)20-12-18(13-24-15-20)16-6-8-21-17(11-16)7-9-22(27)25(21)2/h6,8,11-13,15,19,23H,3-5,7,9-10,14H2,1-2H3/t19-/m0/s1. The Labute approximate surface area is 161 Å². The monoisotopic (exact) mass is 364 g/mol. The summed E-state index contributed by atoms with van der Waals surface area (Å²) in [5, 5.41) is 3.48. The number of carbonyl (C=O) groups is 1. The number of hydrogen-bond donors (Lipinski definition) is 1. The summed E-state index contributed by atoms with van der Waals surface area (Å²) in [6.45, 7) is 5.29. The van der Waals surface area contributed by atoms with Gasteiger partial charge in [0.2, 0.25) is 5.91 Å². The van der Waals surface area contributed by atoms with Crippen molar-refractivity contribution in [3.8, 4) is 11.1 Å². The number of aromatic nitrogens is 1. The predicted octanol–water partition coefficient (Wildman–Crippen LogP) is 3.24. The maximum atomic E-state index is 11.9. The van der Waals surface area contributed by atoms with E-state index in [0.29, 0.717) is 12.5 Å². The van der Waals surface area contributed by atoms with Crippen LogP contribution in [0.15, 0.2) is 36.7 Å². The zero-order chi connectivity index (χ0) is 18.8. The van der Waals surface area contributed by atoms with E-state index in [-0.39, 0.29) is 5.91 Å². The molecule has 0 bridgehead atoms. The molecule has 142 valence electrons. The quantitative estimate of drug-likeness (QED) is 0.885. The van der Waals surface area contributed by atoms with Crippen LogP contribution in [0.1, 0.15) is 31.7 Å². The first-order chi connectivity index (χ1) is 13.2. The van der Waals surface area contributed by atoms with Gasteiger partial charge >= 0.3 is 0 Å². The van der Waals surface area contributed by atoms with E-state index in [1.54, 1.807) is 4.90 Å². The van der Waals surface area contributed by atoms with Crippen molar-refractivity contribution < 1.29 is 4.79 Å². The van der Waals surface area contributed by atoms with Crippen LogP contribution in [0.2, 0.25) is 0 Å². The van der Waals surface area contributed by atoms with Gasteiger partial charge in [0.15, 0.2) is 0 Å². The molecule has 0 unspecified atom stereocenters. The van der Waals surface area contributed by atoms with Gasteiger partial charge in [-0.25, -0.2) is 0 Å². The highest BCUT2D eigenvalue weighted by molar-refractivity contribution is 5.96. The van der Waals surface area contributed by atoms with E-state index in [4.69, 9.17) is 0 Å². The first-order valence-corrected chi connectivity index (χ1v) is 9.99. The van der Waals surface area contributed by atoms with E-state index in [9.17, 15) is 4.79 Å². The van der Waals surface area contributed by atoms with E-state index >= 15 is 0 Å². The van der Waals surface area contributed by atoms with Crippen LogP contribution >= 0.6 is 0 Å². The molecule has 0 saturated carbocycles. The molecule has 1 N–H and O–H groups in total. The van der Waals surface area contributed by atoms with Crippen molar-refractivity contribution in [2.24, 2.45) is 0 Å². The molecule has 1 aromatic carbocycles. The molecule has 0 aliphatic carbocycles. The number of rotatable bonds is 5. The van der Waals surface area contributed by atoms with Gasteiger partial charge in [-0.3, -0.25) is 9.78 Å². The maximum absolute atomic E-state index is 11.9. The van der Waals surface area contributed by atoms with Gasteiger partial charge < -0.3 is 15.1 Å². The number of hydrogen-bond acceptors (Lipinski definition) is 4. The fourth-order valence-corrected chi connectivity index (χ4v) is 4.28. The molecule has 2 aliphatic rings. The second-order valence-corrected chi connectivity index (χ2v) is 7.53. The van der Waals surface area contributed by atoms with Crippen LogP contribution in [0.3, 0.4) is 0 Å². The van der Waals surface area contributed by atoms with Crippen LogP contribution < -0.4 is 15.1 Å². The van der Waals surface area contributed by atoms with Crippen LogP contribution in [0.4, 0.5) is 11.4 Å². The van der Waals surface area contributed by atoms with Crippen LogP contribution in [0, 0.1) is 0 Å². The molecule has 1 atom stereocenters. The molecule has 1 aromatic heterocycles. The van der Waals surface area contributed by atoms with Crippen molar-refractivity contribution in [1.82, 2.24) is 10.3 Å². The van der Waals surface area contributed by atoms with E-state index in [0.717, 1.165) is 37.3 Å². The summed E-state index contributed by atoms with van der Waals surface area (Å²) in [6, 6.07) is 9.20. The second kappa shape index (κ2) is 7.69. The van der Waals surface area contributed by atoms with E-state index in [1.807, 2.05) is 19.4 Å². The van der Waals surface area contributed by atoms with Gasteiger partial charge in [-0.15, -0.1) is 0 Å². The molecular formula is C22H28N4O. The number of benzene rings is 1. The number of nitrogens with zero attached hydrogens (tertiary/aromatic N) is 3. The van der Waals surface area contributed by atoms with Crippen LogP contribution in [-0.4, -0.2) is 43.6 Å². The first-order valence-electron chi connectivity index (χ1n) is 9.99. The summed E-state index contributed by atoms with van der Waals surface area (Å²) < 4.78 is 0. The fraction of sp³-hybridized carbons (Fsp3) is 0.455. The van der Waals surface area contributed by atoms with E-state index in [2.05, 4.69) is 46.4 Å². The minimum Gasteiger partial charge on any atom is -0.366 e. The number of anilines is 2. The molecule has 2 aliphatic heterocycles. The number of likely N-dealkylation sites (N-methyl/N-ethyl adjacent to an activating group) is 1. The van der Waals surface area contributed by atoms with Crippen molar-refractivity contribution in [2.75, 3.05) is 36.5 Å². The average Bonchev–Trinajstić information content (AvgIpc) is 3.17. The lowest BCUT2D eigenvalue weighted by Gasteiger charge is -2.27. The highest BCUT2D eigenvalue weighted by atomic mass is 16.2. The summed E-state index contributed by atoms with van der Waals surface area (Å²) >= 11 is 0. The van der Waals surface area contributed by atoms with Gasteiger partial charge in [0.25, 0.3) is 0 Å². The molecule has 0 spiro atoms. The second-order valence-electron chi connectivity index (χ2n) is 7.53. The predicted molar refractivity (Wildman–Crippen MR) is 110 cm³/mol. The lowest BCUT2D eigenvalue weighted by atomic mass is 9.96. The zero-order valence-corrected chi connectivity index (χ0v) is 16.2. The van der Waals surface area contributed by atoms with Crippen molar-refractivity contribution in [1.29, 1.82) is 0 Å². The minimum atomic E-state index is 0.194. The minimum absolute atomic E-state index is 0.194. The molecule has 0 radical (unpaired) electrons. The lowest BCUT2D eigenvalue weighted by molar-refractivity contribution is -0.118. The van der Waals surface area contributed by atoms with Crippen LogP contribution in [0.25, 0.3) is 11.1 Å². The van der Waals surface area contributed by atoms with Crippen LogP contribution in [-0.2, 0) is 11.2 Å². The van der Waals surface area contributed by atoms with Gasteiger partial charge in [-0.2, -0.15) is 0 Å². The number of nitrogens with one attached hydrogen (secondary N) is 1. The summed E-state index contributed by atoms with van der Waals surface area (Å²) in [5.74, 6) is 0.194. The fourth-order valence-electron chi connectivity index (χ4n) is 4.28. The van der Waals surface area contributed by atoms with Crippen molar-refractivity contribution in [2.45, 2.75) is 38.6 Å². The number of pyridine rings is 1. The van der Waals surface area contributed by atoms with Crippen molar-refractivity contribution in [3.63, 3.8) is 0 Å². The Balaban J connectivity index is 1.60. The molecule has 5 heteroatoms. The average molecular weight is 364 g/mol. The highest BCUT2D eigenvalue weighted by Crippen LogP contribution is 2.33. The topological polar surface area (TPSA) is 48.5 Å². The van der Waals surface area contributed by atoms with Gasteiger partial charge in [-0.1, -0.05) is 13.0 Å². The van der Waals surface area contributed by atoms with Gasteiger partial charge in [0.1, 0.15) is 0 Å². The third kappa shape index (κ3) is 3.56. The van der Waals surface area contributed by atoms with Gasteiger partial charge in [0, 0.05) is 50.0 Å². The molecule has 1 saturated heterocycles. The van der Waals surface area contributed by atoms with Gasteiger partial charge in [-0.05, 0) is 55.1 Å². The molecule has 1 fully saturated rings. The smallest absolute Gasteiger partial charge is 0.227 e. The zero-order valence-electron chi connectivity index (χ0n) is 16.2. The molecule has 1 amide bonds. The summed E-state index contributed by atoms with van der Waals surface area (Å²) in [5.41, 5.74) is 5.80. The maximum Gasteiger partial charge on any atom is 0.227 e. The number of aryl methyl sites for hydroxylation is 1. The van der Waals surface area contributed by atoms with Crippen molar-refractivity contribution in [3.05, 3.63) is 42.2 Å². The van der Waals surface area contributed by atoms with E-state index in [1.165, 1.54) is 29.7 Å². The lowest BCUT2D eigenvalue weighted by Crippen LogP contribution is -2.38.